The normalized spacial score (nSPS) is 21.8. The van der Waals surface area contributed by atoms with Crippen LogP contribution in [0.5, 0.6) is 0 Å². The summed E-state index contributed by atoms with van der Waals surface area (Å²) < 4.78 is 0. The molecule has 1 saturated heterocycles. The molecule has 2 aliphatic heterocycles. The summed E-state index contributed by atoms with van der Waals surface area (Å²) in [6, 6.07) is 7.39. The number of carboxylic acids is 1. The Morgan fingerprint density at radius 3 is 2.62 bits per heavy atom. The van der Waals surface area contributed by atoms with Crippen LogP contribution in [0.4, 0.5) is 4.79 Å². The van der Waals surface area contributed by atoms with Crippen molar-refractivity contribution in [3.8, 4) is 0 Å². The SMILES string of the molecule is O=C(O)[C@@H]1CCCN1C(=O)N1CCCc2ccccc2C1. The van der Waals surface area contributed by atoms with Crippen molar-refractivity contribution in [1.82, 2.24) is 9.80 Å². The van der Waals surface area contributed by atoms with E-state index in [9.17, 15) is 14.7 Å². The Bertz CT molecular complexity index is 558. The first kappa shape index (κ1) is 13.9. The van der Waals surface area contributed by atoms with Gasteiger partial charge in [-0.05, 0) is 36.8 Å². The zero-order chi connectivity index (χ0) is 14.8. The summed E-state index contributed by atoms with van der Waals surface area (Å²) in [6.45, 7) is 1.82. The molecule has 1 aromatic rings. The molecule has 5 heteroatoms. The van der Waals surface area contributed by atoms with E-state index >= 15 is 0 Å². The van der Waals surface area contributed by atoms with E-state index in [0.717, 1.165) is 19.3 Å². The third-order valence-corrected chi connectivity index (χ3v) is 4.41. The average molecular weight is 288 g/mol. The van der Waals surface area contributed by atoms with Gasteiger partial charge in [0.2, 0.25) is 0 Å². The monoisotopic (exact) mass is 288 g/mol. The van der Waals surface area contributed by atoms with Gasteiger partial charge in [-0.15, -0.1) is 0 Å². The lowest BCUT2D eigenvalue weighted by Gasteiger charge is -2.29. The quantitative estimate of drug-likeness (QED) is 0.861. The van der Waals surface area contributed by atoms with Crippen molar-refractivity contribution in [2.75, 3.05) is 13.1 Å². The smallest absolute Gasteiger partial charge is 0.326 e. The molecule has 1 atom stereocenters. The van der Waals surface area contributed by atoms with Crippen molar-refractivity contribution >= 4 is 12.0 Å². The number of hydrogen-bond acceptors (Lipinski definition) is 2. The molecule has 2 aliphatic rings. The third-order valence-electron chi connectivity index (χ3n) is 4.41. The second-order valence-corrected chi connectivity index (χ2v) is 5.77. The van der Waals surface area contributed by atoms with Gasteiger partial charge in [0.05, 0.1) is 0 Å². The maximum absolute atomic E-state index is 12.7. The predicted octanol–water partition coefficient (Wildman–Crippen LogP) is 2.10. The molecule has 0 radical (unpaired) electrons. The standard InChI is InChI=1S/C16H20N2O3/c19-15(20)14-8-4-10-18(14)16(21)17-9-3-7-12-5-1-2-6-13(12)11-17/h1-2,5-6,14H,3-4,7-11H2,(H,19,20)/t14-/m0/s1. The first-order valence-corrected chi connectivity index (χ1v) is 7.52. The van der Waals surface area contributed by atoms with E-state index in [-0.39, 0.29) is 6.03 Å². The second-order valence-electron chi connectivity index (χ2n) is 5.77. The largest absolute Gasteiger partial charge is 0.480 e. The molecule has 1 fully saturated rings. The van der Waals surface area contributed by atoms with Crippen molar-refractivity contribution < 1.29 is 14.7 Å². The zero-order valence-corrected chi connectivity index (χ0v) is 12.0. The van der Waals surface area contributed by atoms with Crippen molar-refractivity contribution in [2.24, 2.45) is 0 Å². The predicted molar refractivity (Wildman–Crippen MR) is 77.9 cm³/mol. The van der Waals surface area contributed by atoms with Gasteiger partial charge in [-0.25, -0.2) is 9.59 Å². The number of amides is 2. The summed E-state index contributed by atoms with van der Waals surface area (Å²) in [6.07, 6.45) is 3.23. The summed E-state index contributed by atoms with van der Waals surface area (Å²) in [5, 5.41) is 9.23. The van der Waals surface area contributed by atoms with Crippen LogP contribution in [-0.4, -0.2) is 46.0 Å². The number of nitrogens with zero attached hydrogens (tertiary/aromatic N) is 2. The number of rotatable bonds is 1. The fourth-order valence-corrected chi connectivity index (χ4v) is 3.30. The molecule has 0 unspecified atom stereocenters. The highest BCUT2D eigenvalue weighted by molar-refractivity contribution is 5.83. The van der Waals surface area contributed by atoms with E-state index in [1.807, 2.05) is 12.1 Å². The first-order chi connectivity index (χ1) is 10.2. The molecule has 5 nitrogen and oxygen atoms in total. The van der Waals surface area contributed by atoms with Gasteiger partial charge < -0.3 is 14.9 Å². The summed E-state index contributed by atoms with van der Waals surface area (Å²) in [4.78, 5) is 27.2. The Kier molecular flexibility index (Phi) is 3.82. The van der Waals surface area contributed by atoms with E-state index in [0.29, 0.717) is 26.1 Å². The molecule has 2 heterocycles. The van der Waals surface area contributed by atoms with E-state index in [2.05, 4.69) is 12.1 Å². The van der Waals surface area contributed by atoms with Gasteiger partial charge in [0.1, 0.15) is 6.04 Å². The maximum Gasteiger partial charge on any atom is 0.326 e. The average Bonchev–Trinajstić information content (AvgIpc) is 2.87. The van der Waals surface area contributed by atoms with Crippen LogP contribution in [-0.2, 0) is 17.8 Å². The van der Waals surface area contributed by atoms with E-state index in [1.165, 1.54) is 16.0 Å². The molecule has 1 N–H and O–H groups in total. The minimum atomic E-state index is -0.893. The second kappa shape index (κ2) is 5.76. The highest BCUT2D eigenvalue weighted by atomic mass is 16.4. The van der Waals surface area contributed by atoms with Gasteiger partial charge in [0, 0.05) is 19.6 Å². The number of urea groups is 1. The number of hydrogen-bond donors (Lipinski definition) is 1. The molecule has 0 aliphatic carbocycles. The van der Waals surface area contributed by atoms with Crippen LogP contribution in [0.15, 0.2) is 24.3 Å². The van der Waals surface area contributed by atoms with Gasteiger partial charge >= 0.3 is 12.0 Å². The number of benzene rings is 1. The van der Waals surface area contributed by atoms with Gasteiger partial charge in [0.25, 0.3) is 0 Å². The fraction of sp³-hybridized carbons (Fsp3) is 0.500. The first-order valence-electron chi connectivity index (χ1n) is 7.52. The van der Waals surface area contributed by atoms with Crippen molar-refractivity contribution in [2.45, 2.75) is 38.3 Å². The van der Waals surface area contributed by atoms with Crippen LogP contribution in [0.1, 0.15) is 30.4 Å². The van der Waals surface area contributed by atoms with Crippen LogP contribution < -0.4 is 0 Å². The highest BCUT2D eigenvalue weighted by Gasteiger charge is 2.36. The number of carboxylic acid groups (broad SMARTS) is 1. The van der Waals surface area contributed by atoms with Crippen LogP contribution >= 0.6 is 0 Å². The number of fused-ring (bicyclic) bond motifs is 1. The number of carbonyl (C=O) groups is 2. The summed E-state index contributed by atoms with van der Waals surface area (Å²) >= 11 is 0. The molecule has 1 aromatic carbocycles. The van der Waals surface area contributed by atoms with Crippen LogP contribution in [0.25, 0.3) is 0 Å². The number of carbonyl (C=O) groups excluding carboxylic acids is 1. The molecule has 0 bridgehead atoms. The zero-order valence-electron chi connectivity index (χ0n) is 12.0. The summed E-state index contributed by atoms with van der Waals surface area (Å²) in [7, 11) is 0. The third kappa shape index (κ3) is 2.73. The Morgan fingerprint density at radius 2 is 1.86 bits per heavy atom. The summed E-state index contributed by atoms with van der Waals surface area (Å²) in [5.41, 5.74) is 2.47. The van der Waals surface area contributed by atoms with Gasteiger partial charge in [-0.1, -0.05) is 24.3 Å². The van der Waals surface area contributed by atoms with Crippen molar-refractivity contribution in [1.29, 1.82) is 0 Å². The van der Waals surface area contributed by atoms with E-state index in [4.69, 9.17) is 0 Å². The van der Waals surface area contributed by atoms with Crippen LogP contribution in [0, 0.1) is 0 Å². The molecular weight excluding hydrogens is 268 g/mol. The molecule has 21 heavy (non-hydrogen) atoms. The van der Waals surface area contributed by atoms with Gasteiger partial charge in [0.15, 0.2) is 0 Å². The molecule has 0 saturated carbocycles. The van der Waals surface area contributed by atoms with Gasteiger partial charge in [-0.2, -0.15) is 0 Å². The maximum atomic E-state index is 12.7. The van der Waals surface area contributed by atoms with Crippen molar-refractivity contribution in [3.05, 3.63) is 35.4 Å². The Labute approximate surface area is 124 Å². The van der Waals surface area contributed by atoms with Gasteiger partial charge in [-0.3, -0.25) is 0 Å². The highest BCUT2D eigenvalue weighted by Crippen LogP contribution is 2.23. The lowest BCUT2D eigenvalue weighted by molar-refractivity contribution is -0.141. The minimum absolute atomic E-state index is 0.128. The molecular formula is C16H20N2O3. The van der Waals surface area contributed by atoms with E-state index < -0.39 is 12.0 Å². The fourth-order valence-electron chi connectivity index (χ4n) is 3.30. The molecule has 0 aromatic heterocycles. The van der Waals surface area contributed by atoms with Crippen LogP contribution in [0.3, 0.4) is 0 Å². The molecule has 3 rings (SSSR count). The summed E-state index contributed by atoms with van der Waals surface area (Å²) in [5.74, 6) is -0.893. The Morgan fingerprint density at radius 1 is 1.10 bits per heavy atom. The Balaban J connectivity index is 1.77. The number of likely N-dealkylation sites (tertiary alicyclic amines) is 1. The minimum Gasteiger partial charge on any atom is -0.480 e. The van der Waals surface area contributed by atoms with E-state index in [1.54, 1.807) is 4.90 Å². The number of aryl methyl sites for hydroxylation is 1. The lowest BCUT2D eigenvalue weighted by Crippen LogP contribution is -2.47. The lowest BCUT2D eigenvalue weighted by atomic mass is 10.0. The topological polar surface area (TPSA) is 60.9 Å². The van der Waals surface area contributed by atoms with Crippen LogP contribution in [0.2, 0.25) is 0 Å². The molecule has 2 amide bonds. The molecule has 0 spiro atoms. The van der Waals surface area contributed by atoms with Crippen molar-refractivity contribution in [3.63, 3.8) is 0 Å². The number of aliphatic carboxylic acids is 1. The Hall–Kier alpha value is -2.04. The molecule has 112 valence electrons.